The minimum Gasteiger partial charge on any atom is -0.463 e. The van der Waals surface area contributed by atoms with Crippen molar-refractivity contribution in [3.63, 3.8) is 0 Å². The Bertz CT molecular complexity index is 1120. The summed E-state index contributed by atoms with van der Waals surface area (Å²) in [5.41, 5.74) is 6.62. The standard InChI is InChI=1S/C22H17N3O2/c1-15-9-10-20-18(12-15)19(13-21(24-20)16-6-3-2-4-7-16)22(26)25-23-14-17-8-5-11-27-17/h2-14H,1H3,(H,25,26). The third-order valence-corrected chi connectivity index (χ3v) is 4.18. The number of carbonyl (C=O) groups excluding carboxylic acids is 1. The van der Waals surface area contributed by atoms with Gasteiger partial charge in [0, 0.05) is 10.9 Å². The highest BCUT2D eigenvalue weighted by molar-refractivity contribution is 6.07. The van der Waals surface area contributed by atoms with Crippen LogP contribution >= 0.6 is 0 Å². The van der Waals surface area contributed by atoms with Crippen molar-refractivity contribution >= 4 is 23.0 Å². The van der Waals surface area contributed by atoms with E-state index in [2.05, 4.69) is 10.5 Å². The number of carbonyl (C=O) groups is 1. The van der Waals surface area contributed by atoms with Crippen molar-refractivity contribution in [3.8, 4) is 11.3 Å². The van der Waals surface area contributed by atoms with E-state index in [1.165, 1.54) is 6.21 Å². The van der Waals surface area contributed by atoms with Crippen LogP contribution in [0.3, 0.4) is 0 Å². The molecule has 0 radical (unpaired) electrons. The lowest BCUT2D eigenvalue weighted by atomic mass is 10.0. The molecule has 0 fully saturated rings. The number of fused-ring (bicyclic) bond motifs is 1. The van der Waals surface area contributed by atoms with Gasteiger partial charge in [-0.15, -0.1) is 0 Å². The van der Waals surface area contributed by atoms with E-state index in [9.17, 15) is 4.79 Å². The predicted molar refractivity (Wildman–Crippen MR) is 106 cm³/mol. The van der Waals surface area contributed by atoms with E-state index in [1.54, 1.807) is 24.5 Å². The van der Waals surface area contributed by atoms with Crippen LogP contribution in [0.15, 0.2) is 82.5 Å². The Balaban J connectivity index is 1.75. The van der Waals surface area contributed by atoms with Crippen LogP contribution in [0.25, 0.3) is 22.2 Å². The SMILES string of the molecule is Cc1ccc2nc(-c3ccccc3)cc(C(=O)NN=Cc3ccco3)c2c1. The summed E-state index contributed by atoms with van der Waals surface area (Å²) in [5.74, 6) is 0.267. The van der Waals surface area contributed by atoms with Gasteiger partial charge in [-0.05, 0) is 37.3 Å². The lowest BCUT2D eigenvalue weighted by Gasteiger charge is -2.09. The van der Waals surface area contributed by atoms with Crippen molar-refractivity contribution in [1.82, 2.24) is 10.4 Å². The molecule has 0 saturated heterocycles. The van der Waals surface area contributed by atoms with Crippen molar-refractivity contribution in [2.24, 2.45) is 5.10 Å². The van der Waals surface area contributed by atoms with Gasteiger partial charge in [-0.2, -0.15) is 5.10 Å². The summed E-state index contributed by atoms with van der Waals surface area (Å²) in [5, 5.41) is 4.78. The highest BCUT2D eigenvalue weighted by Gasteiger charge is 2.14. The Morgan fingerprint density at radius 3 is 2.70 bits per heavy atom. The molecule has 0 aliphatic carbocycles. The van der Waals surface area contributed by atoms with Crippen molar-refractivity contribution in [2.45, 2.75) is 6.92 Å². The van der Waals surface area contributed by atoms with E-state index >= 15 is 0 Å². The lowest BCUT2D eigenvalue weighted by Crippen LogP contribution is -2.18. The number of nitrogens with zero attached hydrogens (tertiary/aromatic N) is 2. The first-order valence-electron chi connectivity index (χ1n) is 8.54. The zero-order valence-corrected chi connectivity index (χ0v) is 14.7. The van der Waals surface area contributed by atoms with Crippen LogP contribution in [0, 0.1) is 6.92 Å². The first kappa shape index (κ1) is 16.7. The second-order valence-corrected chi connectivity index (χ2v) is 6.16. The molecule has 0 atom stereocenters. The van der Waals surface area contributed by atoms with Crippen molar-refractivity contribution < 1.29 is 9.21 Å². The van der Waals surface area contributed by atoms with Gasteiger partial charge in [0.25, 0.3) is 5.91 Å². The number of hydrogen-bond acceptors (Lipinski definition) is 4. The first-order valence-corrected chi connectivity index (χ1v) is 8.54. The van der Waals surface area contributed by atoms with E-state index in [4.69, 9.17) is 9.40 Å². The second kappa shape index (κ2) is 7.25. The van der Waals surface area contributed by atoms with Crippen LogP contribution in [-0.2, 0) is 0 Å². The van der Waals surface area contributed by atoms with Crippen LogP contribution in [0.1, 0.15) is 21.7 Å². The van der Waals surface area contributed by atoms with Gasteiger partial charge >= 0.3 is 0 Å². The van der Waals surface area contributed by atoms with Crippen molar-refractivity contribution in [3.05, 3.63) is 89.9 Å². The quantitative estimate of drug-likeness (QED) is 0.431. The number of nitrogens with one attached hydrogen (secondary N) is 1. The number of hydrogen-bond donors (Lipinski definition) is 1. The Hall–Kier alpha value is -3.73. The molecule has 0 unspecified atom stereocenters. The molecule has 0 aliphatic heterocycles. The third-order valence-electron chi connectivity index (χ3n) is 4.18. The number of pyridine rings is 1. The maximum absolute atomic E-state index is 12.8. The molecule has 1 amide bonds. The van der Waals surface area contributed by atoms with Gasteiger partial charge in [-0.1, -0.05) is 42.0 Å². The highest BCUT2D eigenvalue weighted by Crippen LogP contribution is 2.25. The Labute approximate surface area is 156 Å². The van der Waals surface area contributed by atoms with Crippen molar-refractivity contribution in [2.75, 3.05) is 0 Å². The monoisotopic (exact) mass is 355 g/mol. The first-order chi connectivity index (χ1) is 13.2. The summed E-state index contributed by atoms with van der Waals surface area (Å²) in [6, 6.07) is 21.0. The molecule has 5 heteroatoms. The average molecular weight is 355 g/mol. The number of aromatic nitrogens is 1. The summed E-state index contributed by atoms with van der Waals surface area (Å²) < 4.78 is 5.17. The molecule has 0 bridgehead atoms. The van der Waals surface area contributed by atoms with Crippen LogP contribution in [-0.4, -0.2) is 17.1 Å². The fourth-order valence-corrected chi connectivity index (χ4v) is 2.86. The van der Waals surface area contributed by atoms with E-state index in [0.29, 0.717) is 11.3 Å². The normalized spacial score (nSPS) is 11.1. The molecular formula is C22H17N3O2. The van der Waals surface area contributed by atoms with Crippen LogP contribution < -0.4 is 5.43 Å². The van der Waals surface area contributed by atoms with E-state index in [0.717, 1.165) is 27.7 Å². The van der Waals surface area contributed by atoms with Gasteiger partial charge in [0.15, 0.2) is 0 Å². The van der Waals surface area contributed by atoms with Gasteiger partial charge in [0.2, 0.25) is 0 Å². The summed E-state index contributed by atoms with van der Waals surface area (Å²) in [6.45, 7) is 1.99. The van der Waals surface area contributed by atoms with Crippen LogP contribution in [0.5, 0.6) is 0 Å². The number of benzene rings is 2. The summed E-state index contributed by atoms with van der Waals surface area (Å²) >= 11 is 0. The molecule has 2 aromatic carbocycles. The molecule has 4 aromatic rings. The lowest BCUT2D eigenvalue weighted by molar-refractivity contribution is 0.0956. The third kappa shape index (κ3) is 3.62. The topological polar surface area (TPSA) is 67.5 Å². The minimum absolute atomic E-state index is 0.298. The summed E-state index contributed by atoms with van der Waals surface area (Å²) in [4.78, 5) is 17.5. The zero-order valence-electron chi connectivity index (χ0n) is 14.7. The number of amides is 1. The van der Waals surface area contributed by atoms with E-state index < -0.39 is 0 Å². The average Bonchev–Trinajstić information content (AvgIpc) is 3.21. The van der Waals surface area contributed by atoms with E-state index in [1.807, 2.05) is 55.5 Å². The largest absolute Gasteiger partial charge is 0.463 e. The number of furan rings is 1. The van der Waals surface area contributed by atoms with Crippen LogP contribution in [0.2, 0.25) is 0 Å². The highest BCUT2D eigenvalue weighted by atomic mass is 16.3. The number of hydrazone groups is 1. The predicted octanol–water partition coefficient (Wildman–Crippen LogP) is 4.57. The van der Waals surface area contributed by atoms with E-state index in [-0.39, 0.29) is 5.91 Å². The van der Waals surface area contributed by atoms with Crippen LogP contribution in [0.4, 0.5) is 0 Å². The van der Waals surface area contributed by atoms with Gasteiger partial charge in [-0.3, -0.25) is 4.79 Å². The molecule has 0 spiro atoms. The fraction of sp³-hybridized carbons (Fsp3) is 0.0455. The number of aryl methyl sites for hydroxylation is 1. The summed E-state index contributed by atoms with van der Waals surface area (Å²) in [7, 11) is 0. The molecular weight excluding hydrogens is 338 g/mol. The minimum atomic E-state index is -0.298. The number of rotatable bonds is 4. The summed E-state index contributed by atoms with van der Waals surface area (Å²) in [6.07, 6.45) is 3.01. The molecule has 1 N–H and O–H groups in total. The van der Waals surface area contributed by atoms with Gasteiger partial charge < -0.3 is 4.42 Å². The van der Waals surface area contributed by atoms with Gasteiger partial charge in [0.05, 0.1) is 29.3 Å². The molecule has 132 valence electrons. The maximum Gasteiger partial charge on any atom is 0.272 e. The van der Waals surface area contributed by atoms with Gasteiger partial charge in [0.1, 0.15) is 5.76 Å². The molecule has 2 heterocycles. The van der Waals surface area contributed by atoms with Gasteiger partial charge in [-0.25, -0.2) is 10.4 Å². The molecule has 2 aromatic heterocycles. The zero-order chi connectivity index (χ0) is 18.6. The Morgan fingerprint density at radius 2 is 1.93 bits per heavy atom. The Morgan fingerprint density at radius 1 is 1.07 bits per heavy atom. The molecule has 0 saturated carbocycles. The Kier molecular flexibility index (Phi) is 4.49. The van der Waals surface area contributed by atoms with Crippen molar-refractivity contribution in [1.29, 1.82) is 0 Å². The molecule has 4 rings (SSSR count). The fourth-order valence-electron chi connectivity index (χ4n) is 2.86. The molecule has 5 nitrogen and oxygen atoms in total. The smallest absolute Gasteiger partial charge is 0.272 e. The molecule has 27 heavy (non-hydrogen) atoms. The molecule has 0 aliphatic rings. The maximum atomic E-state index is 12.8. The second-order valence-electron chi connectivity index (χ2n) is 6.16.